The SMILES string of the molecule is Nc1nc2c(s1)[C@@H](Cl)C(=O)c1ccccc1-2. The summed E-state index contributed by atoms with van der Waals surface area (Å²) in [5.74, 6) is -0.0755. The zero-order valence-corrected chi connectivity index (χ0v) is 9.68. The summed E-state index contributed by atoms with van der Waals surface area (Å²) in [5, 5.41) is -0.208. The number of rotatable bonds is 0. The molecule has 5 heteroatoms. The third-order valence-electron chi connectivity index (χ3n) is 2.58. The maximum Gasteiger partial charge on any atom is 0.186 e. The number of halogens is 1. The van der Waals surface area contributed by atoms with Gasteiger partial charge in [-0.1, -0.05) is 35.6 Å². The number of hydrogen-bond donors (Lipinski definition) is 1. The maximum absolute atomic E-state index is 12.0. The summed E-state index contributed by atoms with van der Waals surface area (Å²) in [6.07, 6.45) is 0. The fourth-order valence-electron chi connectivity index (χ4n) is 1.87. The van der Waals surface area contributed by atoms with Crippen molar-refractivity contribution in [3.8, 4) is 11.3 Å². The minimum Gasteiger partial charge on any atom is -0.375 e. The fraction of sp³-hybridized carbons (Fsp3) is 0.0909. The Morgan fingerprint density at radius 3 is 2.75 bits per heavy atom. The number of thiazole rings is 1. The molecule has 3 rings (SSSR count). The van der Waals surface area contributed by atoms with E-state index in [0.29, 0.717) is 10.7 Å². The van der Waals surface area contributed by atoms with Crippen molar-refractivity contribution >= 4 is 33.9 Å². The summed E-state index contributed by atoms with van der Waals surface area (Å²) in [4.78, 5) is 17.0. The maximum atomic E-state index is 12.0. The van der Waals surface area contributed by atoms with Gasteiger partial charge in [0.15, 0.2) is 10.9 Å². The number of nitrogen functional groups attached to an aromatic ring is 1. The van der Waals surface area contributed by atoms with Crippen LogP contribution in [0.4, 0.5) is 5.13 Å². The lowest BCUT2D eigenvalue weighted by atomic mass is 9.92. The van der Waals surface area contributed by atoms with Gasteiger partial charge in [-0.2, -0.15) is 0 Å². The number of alkyl halides is 1. The molecule has 1 atom stereocenters. The van der Waals surface area contributed by atoms with Crippen molar-refractivity contribution in [2.45, 2.75) is 5.38 Å². The molecule has 0 radical (unpaired) electrons. The Hall–Kier alpha value is -1.39. The van der Waals surface area contributed by atoms with E-state index in [4.69, 9.17) is 17.3 Å². The van der Waals surface area contributed by atoms with Gasteiger partial charge in [-0.05, 0) is 0 Å². The van der Waals surface area contributed by atoms with Crippen molar-refractivity contribution in [3.05, 3.63) is 34.7 Å². The lowest BCUT2D eigenvalue weighted by molar-refractivity contribution is 0.0987. The van der Waals surface area contributed by atoms with E-state index in [2.05, 4.69) is 4.98 Å². The van der Waals surface area contributed by atoms with E-state index in [9.17, 15) is 4.79 Å². The van der Waals surface area contributed by atoms with E-state index in [1.807, 2.05) is 18.2 Å². The van der Waals surface area contributed by atoms with E-state index in [1.165, 1.54) is 11.3 Å². The molecule has 1 aliphatic rings. The van der Waals surface area contributed by atoms with Crippen LogP contribution in [-0.2, 0) is 0 Å². The van der Waals surface area contributed by atoms with Crippen LogP contribution in [0.3, 0.4) is 0 Å². The minimum absolute atomic E-state index is 0.0755. The molecule has 0 fully saturated rings. The molecule has 2 aromatic rings. The molecular weight excluding hydrogens is 244 g/mol. The molecule has 0 bridgehead atoms. The van der Waals surface area contributed by atoms with Gasteiger partial charge >= 0.3 is 0 Å². The van der Waals surface area contributed by atoms with Crippen molar-refractivity contribution in [3.63, 3.8) is 0 Å². The van der Waals surface area contributed by atoms with Gasteiger partial charge in [-0.15, -0.1) is 11.6 Å². The smallest absolute Gasteiger partial charge is 0.186 e. The molecule has 0 unspecified atom stereocenters. The molecule has 0 aliphatic heterocycles. The molecular formula is C11H7ClN2OS. The van der Waals surface area contributed by atoms with Gasteiger partial charge in [0.2, 0.25) is 0 Å². The third kappa shape index (κ3) is 1.20. The van der Waals surface area contributed by atoms with Crippen LogP contribution in [0.5, 0.6) is 0 Å². The standard InChI is InChI=1S/C11H7ClN2OS/c12-7-9(15)6-4-2-1-3-5(6)8-10(7)16-11(13)14-8/h1-4,7H,(H2,13,14)/t7-/m0/s1. The molecule has 1 aliphatic carbocycles. The lowest BCUT2D eigenvalue weighted by Gasteiger charge is -2.17. The van der Waals surface area contributed by atoms with Crippen LogP contribution in [-0.4, -0.2) is 10.8 Å². The van der Waals surface area contributed by atoms with Gasteiger partial charge in [0.05, 0.1) is 10.6 Å². The summed E-state index contributed by atoms with van der Waals surface area (Å²) in [6, 6.07) is 7.33. The first-order valence-electron chi connectivity index (χ1n) is 4.72. The predicted molar refractivity (Wildman–Crippen MR) is 64.9 cm³/mol. The van der Waals surface area contributed by atoms with Gasteiger partial charge in [0, 0.05) is 11.1 Å². The fourth-order valence-corrected chi connectivity index (χ4v) is 3.05. The number of hydrogen-bond acceptors (Lipinski definition) is 4. The van der Waals surface area contributed by atoms with Crippen molar-refractivity contribution in [1.29, 1.82) is 0 Å². The zero-order chi connectivity index (χ0) is 11.3. The highest BCUT2D eigenvalue weighted by atomic mass is 35.5. The largest absolute Gasteiger partial charge is 0.375 e. The van der Waals surface area contributed by atoms with Crippen molar-refractivity contribution in [2.24, 2.45) is 0 Å². The monoisotopic (exact) mass is 250 g/mol. The Kier molecular flexibility index (Phi) is 2.02. The third-order valence-corrected chi connectivity index (χ3v) is 4.07. The molecule has 16 heavy (non-hydrogen) atoms. The number of benzene rings is 1. The normalized spacial score (nSPS) is 18.1. The highest BCUT2D eigenvalue weighted by Crippen LogP contribution is 2.44. The van der Waals surface area contributed by atoms with Crippen LogP contribution in [0.1, 0.15) is 20.6 Å². The number of anilines is 1. The molecule has 2 N–H and O–H groups in total. The Labute approximate surface area is 101 Å². The zero-order valence-electron chi connectivity index (χ0n) is 8.11. The van der Waals surface area contributed by atoms with E-state index in [1.54, 1.807) is 6.07 Å². The summed E-state index contributed by atoms with van der Waals surface area (Å²) < 4.78 is 0. The Bertz CT molecular complexity index is 593. The van der Waals surface area contributed by atoms with Crippen LogP contribution >= 0.6 is 22.9 Å². The number of nitrogens with two attached hydrogens (primary N) is 1. The van der Waals surface area contributed by atoms with E-state index in [-0.39, 0.29) is 5.78 Å². The van der Waals surface area contributed by atoms with Crippen LogP contribution in [0, 0.1) is 0 Å². The molecule has 0 amide bonds. The Balaban J connectivity index is 2.36. The van der Waals surface area contributed by atoms with Gasteiger partial charge in [-0.25, -0.2) is 4.98 Å². The minimum atomic E-state index is -0.653. The van der Waals surface area contributed by atoms with Crippen LogP contribution in [0.15, 0.2) is 24.3 Å². The average molecular weight is 251 g/mol. The first kappa shape index (κ1) is 9.81. The number of carbonyl (C=O) groups is 1. The van der Waals surface area contributed by atoms with Crippen LogP contribution in [0.25, 0.3) is 11.3 Å². The van der Waals surface area contributed by atoms with Crippen LogP contribution in [0.2, 0.25) is 0 Å². The number of ketones is 1. The van der Waals surface area contributed by atoms with Crippen LogP contribution < -0.4 is 5.73 Å². The van der Waals surface area contributed by atoms with Crippen molar-refractivity contribution in [1.82, 2.24) is 4.98 Å². The van der Waals surface area contributed by atoms with Crippen molar-refractivity contribution in [2.75, 3.05) is 5.73 Å². The Morgan fingerprint density at radius 2 is 2.00 bits per heavy atom. The van der Waals surface area contributed by atoms with Gasteiger partial charge in [-0.3, -0.25) is 4.79 Å². The molecule has 0 saturated heterocycles. The second-order valence-corrected chi connectivity index (χ2v) is 5.04. The number of carbonyl (C=O) groups excluding carboxylic acids is 1. The molecule has 0 saturated carbocycles. The summed E-state index contributed by atoms with van der Waals surface area (Å²) >= 11 is 7.38. The quantitative estimate of drug-likeness (QED) is 0.732. The highest BCUT2D eigenvalue weighted by molar-refractivity contribution is 7.16. The molecule has 1 heterocycles. The van der Waals surface area contributed by atoms with Gasteiger partial charge in [0.25, 0.3) is 0 Å². The second kappa shape index (κ2) is 3.30. The molecule has 80 valence electrons. The number of fused-ring (bicyclic) bond motifs is 3. The molecule has 1 aromatic carbocycles. The van der Waals surface area contributed by atoms with Crippen molar-refractivity contribution < 1.29 is 4.79 Å². The number of Topliss-reactive ketones (excluding diaryl/α,β-unsaturated/α-hetero) is 1. The second-order valence-electron chi connectivity index (χ2n) is 3.54. The number of aromatic nitrogens is 1. The van der Waals surface area contributed by atoms with E-state index < -0.39 is 5.38 Å². The first-order chi connectivity index (χ1) is 7.68. The average Bonchev–Trinajstić information content (AvgIpc) is 2.68. The molecule has 3 nitrogen and oxygen atoms in total. The molecule has 0 spiro atoms. The summed E-state index contributed by atoms with van der Waals surface area (Å²) in [5.41, 5.74) is 7.86. The first-order valence-corrected chi connectivity index (χ1v) is 5.97. The van der Waals surface area contributed by atoms with E-state index in [0.717, 1.165) is 16.1 Å². The topological polar surface area (TPSA) is 56.0 Å². The lowest BCUT2D eigenvalue weighted by Crippen LogP contribution is -2.13. The number of nitrogens with zero attached hydrogens (tertiary/aromatic N) is 1. The van der Waals surface area contributed by atoms with Gasteiger partial charge in [0.1, 0.15) is 5.38 Å². The van der Waals surface area contributed by atoms with Gasteiger partial charge < -0.3 is 5.73 Å². The van der Waals surface area contributed by atoms with E-state index >= 15 is 0 Å². The molecule has 1 aromatic heterocycles. The Morgan fingerprint density at radius 1 is 1.31 bits per heavy atom. The predicted octanol–water partition coefficient (Wildman–Crippen LogP) is 2.87. The summed E-state index contributed by atoms with van der Waals surface area (Å²) in [7, 11) is 0. The highest BCUT2D eigenvalue weighted by Gasteiger charge is 2.33. The summed E-state index contributed by atoms with van der Waals surface area (Å²) in [6.45, 7) is 0.